The summed E-state index contributed by atoms with van der Waals surface area (Å²) in [5.41, 5.74) is 2.76. The average molecular weight is 404 g/mol. The number of rotatable bonds is 1. The Balaban J connectivity index is 2.01. The summed E-state index contributed by atoms with van der Waals surface area (Å²) in [4.78, 5) is 30.9. The third kappa shape index (κ3) is 2.48. The number of allylic oxidation sites excluding steroid dienone is 2. The minimum absolute atomic E-state index is 0.101. The fourth-order valence-electron chi connectivity index (χ4n) is 3.48. The molecule has 0 bridgehead atoms. The number of aromatic nitrogens is 2. The molecule has 1 atom stereocenters. The lowest BCUT2D eigenvalue weighted by Gasteiger charge is -2.32. The predicted octanol–water partition coefficient (Wildman–Crippen LogP) is 3.76. The molecule has 0 amide bonds. The van der Waals surface area contributed by atoms with Crippen LogP contribution in [0.5, 0.6) is 0 Å². The molecule has 24 heavy (non-hydrogen) atoms. The maximum Gasteiger partial charge on any atom is 0.257 e. The minimum atomic E-state index is -0.382. The number of hydrogen-bond acceptors (Lipinski definition) is 4. The number of carbonyl (C=O) groups excluding carboxylic acids is 1. The molecule has 2 aromatic rings. The number of ketones is 1. The van der Waals surface area contributed by atoms with E-state index in [1.54, 1.807) is 0 Å². The molecule has 1 aliphatic heterocycles. The molecule has 1 aromatic heterocycles. The lowest BCUT2D eigenvalue weighted by Crippen LogP contribution is -2.32. The largest absolute Gasteiger partial charge is 0.344 e. The number of benzene rings is 1. The van der Waals surface area contributed by atoms with Gasteiger partial charge < -0.3 is 10.3 Å². The van der Waals surface area contributed by atoms with Crippen LogP contribution in [0.15, 0.2) is 44.8 Å². The Kier molecular flexibility index (Phi) is 3.77. The fraction of sp³-hybridized carbons (Fsp3) is 0.235. The quantitative estimate of drug-likeness (QED) is 0.633. The summed E-state index contributed by atoms with van der Waals surface area (Å²) in [6.07, 6.45) is 2.13. The highest BCUT2D eigenvalue weighted by Gasteiger charge is 2.37. The summed E-state index contributed by atoms with van der Waals surface area (Å²) in [6.45, 7) is 0. The van der Waals surface area contributed by atoms with Crippen molar-refractivity contribution in [1.82, 2.24) is 9.97 Å². The van der Waals surface area contributed by atoms with E-state index in [4.69, 9.17) is 12.2 Å². The zero-order chi connectivity index (χ0) is 16.8. The lowest BCUT2D eigenvalue weighted by molar-refractivity contribution is -0.116. The van der Waals surface area contributed by atoms with Gasteiger partial charge in [-0.05, 0) is 42.8 Å². The Morgan fingerprint density at radius 2 is 1.83 bits per heavy atom. The van der Waals surface area contributed by atoms with Crippen molar-refractivity contribution in [3.8, 4) is 0 Å². The SMILES string of the molecule is O=C1CCCC2=C1[C@H](c1ccc(Br)cc1)c1c([nH]c(=S)[nH]c1=O)N2. The van der Waals surface area contributed by atoms with Crippen LogP contribution < -0.4 is 10.9 Å². The van der Waals surface area contributed by atoms with Crippen molar-refractivity contribution < 1.29 is 4.79 Å². The monoisotopic (exact) mass is 403 g/mol. The van der Waals surface area contributed by atoms with Crippen LogP contribution in [0.1, 0.15) is 36.3 Å². The van der Waals surface area contributed by atoms with Gasteiger partial charge in [-0.25, -0.2) is 0 Å². The zero-order valence-electron chi connectivity index (χ0n) is 12.6. The van der Waals surface area contributed by atoms with Gasteiger partial charge in [0.25, 0.3) is 5.56 Å². The standard InChI is InChI=1S/C17H14BrN3O2S/c18-9-6-4-8(5-7-9)12-13-10(2-1-3-11(13)22)19-15-14(12)16(23)21-17(24)20-15/h4-7,12H,1-3H2,(H3,19,20,21,23,24)/t12-/m0/s1. The van der Waals surface area contributed by atoms with Gasteiger partial charge in [0.2, 0.25) is 0 Å². The van der Waals surface area contributed by atoms with E-state index in [2.05, 4.69) is 31.2 Å². The molecule has 0 unspecified atom stereocenters. The first-order chi connectivity index (χ1) is 11.5. The van der Waals surface area contributed by atoms with Crippen molar-refractivity contribution >= 4 is 39.7 Å². The molecule has 5 nitrogen and oxygen atoms in total. The normalized spacial score (nSPS) is 19.5. The molecule has 4 rings (SSSR count). The number of fused-ring (bicyclic) bond motifs is 1. The second kappa shape index (κ2) is 5.82. The highest BCUT2D eigenvalue weighted by Crippen LogP contribution is 2.43. The molecule has 2 heterocycles. The highest BCUT2D eigenvalue weighted by atomic mass is 79.9. The Hall–Kier alpha value is -1.99. The molecule has 0 saturated carbocycles. The van der Waals surface area contributed by atoms with Gasteiger partial charge in [-0.1, -0.05) is 28.1 Å². The summed E-state index contributed by atoms with van der Waals surface area (Å²) in [5, 5.41) is 3.23. The van der Waals surface area contributed by atoms with Crippen molar-refractivity contribution in [1.29, 1.82) is 0 Å². The maximum absolute atomic E-state index is 12.6. The van der Waals surface area contributed by atoms with E-state index in [1.807, 2.05) is 24.3 Å². The van der Waals surface area contributed by atoms with E-state index in [0.29, 0.717) is 23.4 Å². The van der Waals surface area contributed by atoms with E-state index in [0.717, 1.165) is 28.6 Å². The maximum atomic E-state index is 12.6. The Bertz CT molecular complexity index is 988. The summed E-state index contributed by atoms with van der Waals surface area (Å²) < 4.78 is 1.22. The second-order valence-corrected chi connectivity index (χ2v) is 7.30. The molecule has 122 valence electrons. The molecule has 3 N–H and O–H groups in total. The van der Waals surface area contributed by atoms with E-state index in [1.165, 1.54) is 0 Å². The smallest absolute Gasteiger partial charge is 0.257 e. The molecule has 0 radical (unpaired) electrons. The van der Waals surface area contributed by atoms with Gasteiger partial charge in [0.05, 0.1) is 5.56 Å². The third-order valence-electron chi connectivity index (χ3n) is 4.49. The topological polar surface area (TPSA) is 77.8 Å². The molecule has 7 heteroatoms. The third-order valence-corrected chi connectivity index (χ3v) is 5.23. The molecule has 1 aliphatic carbocycles. The molecule has 0 fully saturated rings. The molecule has 1 aromatic carbocycles. The fourth-order valence-corrected chi connectivity index (χ4v) is 3.94. The van der Waals surface area contributed by atoms with Crippen molar-refractivity contribution in [2.45, 2.75) is 25.2 Å². The van der Waals surface area contributed by atoms with Crippen LogP contribution >= 0.6 is 28.1 Å². The van der Waals surface area contributed by atoms with Gasteiger partial charge in [0.1, 0.15) is 5.82 Å². The Labute approximate surface area is 151 Å². The number of carbonyl (C=O) groups is 1. The number of nitrogens with one attached hydrogen (secondary N) is 3. The minimum Gasteiger partial charge on any atom is -0.344 e. The average Bonchev–Trinajstić information content (AvgIpc) is 2.54. The zero-order valence-corrected chi connectivity index (χ0v) is 15.0. The lowest BCUT2D eigenvalue weighted by atomic mass is 9.76. The van der Waals surface area contributed by atoms with Crippen LogP contribution in [0.2, 0.25) is 0 Å². The van der Waals surface area contributed by atoms with Crippen LogP contribution in [0.25, 0.3) is 0 Å². The van der Waals surface area contributed by atoms with Gasteiger partial charge in [-0.2, -0.15) is 0 Å². The molecule has 0 spiro atoms. The van der Waals surface area contributed by atoms with Gasteiger partial charge in [-0.15, -0.1) is 0 Å². The number of anilines is 1. The van der Waals surface area contributed by atoms with Crippen molar-refractivity contribution in [2.24, 2.45) is 0 Å². The van der Waals surface area contributed by atoms with Gasteiger partial charge in [0, 0.05) is 28.1 Å². The van der Waals surface area contributed by atoms with E-state index < -0.39 is 0 Å². The van der Waals surface area contributed by atoms with Gasteiger partial charge >= 0.3 is 0 Å². The van der Waals surface area contributed by atoms with E-state index in [9.17, 15) is 9.59 Å². The Morgan fingerprint density at radius 3 is 2.58 bits per heavy atom. The first kappa shape index (κ1) is 15.5. The van der Waals surface area contributed by atoms with Crippen LogP contribution in [0.3, 0.4) is 0 Å². The van der Waals surface area contributed by atoms with Gasteiger partial charge in [0.15, 0.2) is 10.6 Å². The van der Waals surface area contributed by atoms with Crippen LogP contribution in [0, 0.1) is 4.77 Å². The second-order valence-electron chi connectivity index (χ2n) is 5.98. The number of Topliss-reactive ketones (excluding diaryl/α,β-unsaturated/α-hetero) is 1. The first-order valence-electron chi connectivity index (χ1n) is 7.70. The first-order valence-corrected chi connectivity index (χ1v) is 8.90. The highest BCUT2D eigenvalue weighted by molar-refractivity contribution is 9.10. The summed E-state index contributed by atoms with van der Waals surface area (Å²) >= 11 is 8.51. The predicted molar refractivity (Wildman–Crippen MR) is 97.7 cm³/mol. The summed E-state index contributed by atoms with van der Waals surface area (Å²) in [7, 11) is 0. The molecular formula is C17H14BrN3O2S. The van der Waals surface area contributed by atoms with Crippen molar-refractivity contribution in [2.75, 3.05) is 5.32 Å². The summed E-state index contributed by atoms with van der Waals surface area (Å²) in [5.74, 6) is 0.307. The number of hydrogen-bond donors (Lipinski definition) is 3. The molecule has 2 aliphatic rings. The number of aromatic amines is 2. The molecule has 0 saturated heterocycles. The van der Waals surface area contributed by atoms with Crippen LogP contribution in [-0.2, 0) is 4.79 Å². The van der Waals surface area contributed by atoms with Crippen molar-refractivity contribution in [3.05, 3.63) is 66.3 Å². The van der Waals surface area contributed by atoms with Crippen LogP contribution in [0.4, 0.5) is 5.82 Å². The Morgan fingerprint density at radius 1 is 1.08 bits per heavy atom. The van der Waals surface area contributed by atoms with E-state index in [-0.39, 0.29) is 22.0 Å². The van der Waals surface area contributed by atoms with Gasteiger partial charge in [-0.3, -0.25) is 14.6 Å². The number of H-pyrrole nitrogens is 2. The number of halogens is 1. The summed E-state index contributed by atoms with van der Waals surface area (Å²) in [6, 6.07) is 7.72. The molecular weight excluding hydrogens is 390 g/mol. The van der Waals surface area contributed by atoms with Crippen LogP contribution in [-0.4, -0.2) is 15.8 Å². The van der Waals surface area contributed by atoms with E-state index >= 15 is 0 Å². The van der Waals surface area contributed by atoms with Crippen molar-refractivity contribution in [3.63, 3.8) is 0 Å².